The van der Waals surface area contributed by atoms with Crippen LogP contribution in [0.1, 0.15) is 18.3 Å². The molecule has 0 aliphatic carbocycles. The number of rotatable bonds is 3. The minimum Gasteiger partial charge on any atom is -0.353 e. The topological polar surface area (TPSA) is 101 Å². The summed E-state index contributed by atoms with van der Waals surface area (Å²) in [5, 5.41) is 4.16. The molecule has 1 aliphatic rings. The molecule has 0 spiro atoms. The minimum atomic E-state index is -3.58. The second-order valence-corrected chi connectivity index (χ2v) is 8.38. The molecule has 1 saturated heterocycles. The highest BCUT2D eigenvalue weighted by Crippen LogP contribution is 2.20. The number of piperazine rings is 1. The van der Waals surface area contributed by atoms with Gasteiger partial charge in [-0.2, -0.15) is 10.1 Å². The summed E-state index contributed by atoms with van der Waals surface area (Å²) in [6.45, 7) is 7.60. The summed E-state index contributed by atoms with van der Waals surface area (Å²) in [6, 6.07) is 3.63. The Labute approximate surface area is 152 Å². The van der Waals surface area contributed by atoms with Crippen molar-refractivity contribution in [2.24, 2.45) is 0 Å². The zero-order chi connectivity index (χ0) is 19.1. The van der Waals surface area contributed by atoms with Crippen LogP contribution in [0.25, 0.3) is 5.82 Å². The third-order valence-electron chi connectivity index (χ3n) is 4.29. The number of amides is 1. The molecular weight excluding hydrogens is 356 g/mol. The number of hydrogen-bond donors (Lipinski definition) is 0. The van der Waals surface area contributed by atoms with Crippen LogP contribution < -0.4 is 4.90 Å². The molecule has 0 saturated carbocycles. The first-order valence-corrected chi connectivity index (χ1v) is 10.2. The average molecular weight is 378 g/mol. The van der Waals surface area contributed by atoms with Crippen molar-refractivity contribution in [3.05, 3.63) is 23.5 Å². The molecule has 1 fully saturated rings. The van der Waals surface area contributed by atoms with E-state index in [0.29, 0.717) is 37.8 Å². The largest absolute Gasteiger partial charge is 0.353 e. The molecule has 9 nitrogen and oxygen atoms in total. The molecule has 1 aliphatic heterocycles. The summed E-state index contributed by atoms with van der Waals surface area (Å²) in [7, 11) is -3.58. The monoisotopic (exact) mass is 378 g/mol. The number of carbonyl (C=O) groups is 1. The molecule has 0 unspecified atom stereocenters. The first-order chi connectivity index (χ1) is 12.1. The normalized spacial score (nSPS) is 15.4. The van der Waals surface area contributed by atoms with Crippen molar-refractivity contribution < 1.29 is 13.2 Å². The molecule has 3 rings (SSSR count). The standard InChI is InChI=1S/C16H22N6O3S/c1-11-9-12(2)22(19-11)15-10-14(17-16(18-15)26(4,24)25)21-7-5-20(6-8-21)13(3)23/h9-10H,5-8H2,1-4H3. The molecule has 0 bridgehead atoms. The van der Waals surface area contributed by atoms with E-state index in [9.17, 15) is 13.2 Å². The number of carbonyl (C=O) groups excluding carboxylic acids is 1. The molecule has 2 aromatic rings. The average Bonchev–Trinajstić information content (AvgIpc) is 2.92. The molecule has 140 valence electrons. The predicted molar refractivity (Wildman–Crippen MR) is 96.2 cm³/mol. The Morgan fingerprint density at radius 1 is 1.04 bits per heavy atom. The molecule has 10 heteroatoms. The van der Waals surface area contributed by atoms with Crippen molar-refractivity contribution in [2.45, 2.75) is 25.9 Å². The number of aryl methyl sites for hydroxylation is 2. The van der Waals surface area contributed by atoms with E-state index in [2.05, 4.69) is 15.1 Å². The molecule has 3 heterocycles. The molecule has 1 amide bonds. The predicted octanol–water partition coefficient (Wildman–Crippen LogP) is 0.351. The summed E-state index contributed by atoms with van der Waals surface area (Å²) in [6.07, 6.45) is 1.09. The van der Waals surface area contributed by atoms with Crippen LogP contribution in [-0.2, 0) is 14.6 Å². The Morgan fingerprint density at radius 2 is 1.65 bits per heavy atom. The van der Waals surface area contributed by atoms with Gasteiger partial charge in [0.05, 0.1) is 5.69 Å². The second-order valence-electron chi connectivity index (χ2n) is 6.47. The first-order valence-electron chi connectivity index (χ1n) is 8.28. The minimum absolute atomic E-state index is 0.0347. The summed E-state index contributed by atoms with van der Waals surface area (Å²) in [4.78, 5) is 23.7. The highest BCUT2D eigenvalue weighted by molar-refractivity contribution is 7.90. The summed E-state index contributed by atoms with van der Waals surface area (Å²) < 4.78 is 25.7. The molecule has 0 radical (unpaired) electrons. The number of aromatic nitrogens is 4. The van der Waals surface area contributed by atoms with Crippen LogP contribution >= 0.6 is 0 Å². The summed E-state index contributed by atoms with van der Waals surface area (Å²) in [5.41, 5.74) is 1.67. The molecule has 2 aromatic heterocycles. The van der Waals surface area contributed by atoms with Crippen LogP contribution in [0.15, 0.2) is 17.3 Å². The van der Waals surface area contributed by atoms with Gasteiger partial charge in [-0.1, -0.05) is 0 Å². The maximum absolute atomic E-state index is 12.1. The van der Waals surface area contributed by atoms with E-state index in [-0.39, 0.29) is 11.1 Å². The number of anilines is 1. The van der Waals surface area contributed by atoms with Gasteiger partial charge in [0.1, 0.15) is 5.82 Å². The van der Waals surface area contributed by atoms with Crippen LogP contribution in [0.5, 0.6) is 0 Å². The van der Waals surface area contributed by atoms with Gasteiger partial charge in [0.2, 0.25) is 15.7 Å². The fourth-order valence-corrected chi connectivity index (χ4v) is 3.47. The van der Waals surface area contributed by atoms with Crippen LogP contribution in [0.4, 0.5) is 5.82 Å². The number of nitrogens with zero attached hydrogens (tertiary/aromatic N) is 6. The van der Waals surface area contributed by atoms with Gasteiger partial charge in [-0.15, -0.1) is 0 Å². The Balaban J connectivity index is 2.02. The van der Waals surface area contributed by atoms with Crippen molar-refractivity contribution >= 4 is 21.6 Å². The highest BCUT2D eigenvalue weighted by atomic mass is 32.2. The smallest absolute Gasteiger partial charge is 0.250 e. The van der Waals surface area contributed by atoms with E-state index in [4.69, 9.17) is 0 Å². The van der Waals surface area contributed by atoms with Crippen molar-refractivity contribution in [3.8, 4) is 5.82 Å². The Morgan fingerprint density at radius 3 is 2.15 bits per heavy atom. The quantitative estimate of drug-likeness (QED) is 0.710. The molecule has 0 aromatic carbocycles. The van der Waals surface area contributed by atoms with Gasteiger partial charge < -0.3 is 9.80 Å². The van der Waals surface area contributed by atoms with Crippen molar-refractivity contribution in [1.82, 2.24) is 24.6 Å². The Hall–Kier alpha value is -2.49. The second kappa shape index (κ2) is 6.67. The van der Waals surface area contributed by atoms with E-state index in [1.807, 2.05) is 24.8 Å². The number of hydrogen-bond acceptors (Lipinski definition) is 7. The summed E-state index contributed by atoms with van der Waals surface area (Å²) in [5.74, 6) is 0.966. The van der Waals surface area contributed by atoms with Gasteiger partial charge >= 0.3 is 0 Å². The summed E-state index contributed by atoms with van der Waals surface area (Å²) >= 11 is 0. The maximum atomic E-state index is 12.1. The van der Waals surface area contributed by atoms with Crippen molar-refractivity contribution in [3.63, 3.8) is 0 Å². The lowest BCUT2D eigenvalue weighted by Crippen LogP contribution is -2.48. The fraction of sp³-hybridized carbons (Fsp3) is 0.500. The fourth-order valence-electron chi connectivity index (χ4n) is 2.95. The van der Waals surface area contributed by atoms with E-state index in [1.54, 1.807) is 22.6 Å². The zero-order valence-corrected chi connectivity index (χ0v) is 16.1. The van der Waals surface area contributed by atoms with Crippen LogP contribution in [0, 0.1) is 13.8 Å². The SMILES string of the molecule is CC(=O)N1CCN(c2cc(-n3nc(C)cc3C)nc(S(C)(=O)=O)n2)CC1. The zero-order valence-electron chi connectivity index (χ0n) is 15.3. The third-order valence-corrected chi connectivity index (χ3v) is 5.13. The van der Waals surface area contributed by atoms with Crippen LogP contribution in [0.2, 0.25) is 0 Å². The lowest BCUT2D eigenvalue weighted by atomic mass is 10.3. The van der Waals surface area contributed by atoms with E-state index in [1.165, 1.54) is 0 Å². The van der Waals surface area contributed by atoms with Crippen LogP contribution in [0.3, 0.4) is 0 Å². The van der Waals surface area contributed by atoms with Crippen molar-refractivity contribution in [2.75, 3.05) is 37.3 Å². The molecule has 0 atom stereocenters. The highest BCUT2D eigenvalue weighted by Gasteiger charge is 2.23. The van der Waals surface area contributed by atoms with Gasteiger partial charge in [-0.3, -0.25) is 4.79 Å². The van der Waals surface area contributed by atoms with Gasteiger partial charge in [0.25, 0.3) is 5.16 Å². The first kappa shape index (κ1) is 18.3. The van der Waals surface area contributed by atoms with Crippen molar-refractivity contribution in [1.29, 1.82) is 0 Å². The maximum Gasteiger partial charge on any atom is 0.250 e. The van der Waals surface area contributed by atoms with Gasteiger partial charge in [0.15, 0.2) is 5.82 Å². The lowest BCUT2D eigenvalue weighted by Gasteiger charge is -2.35. The molecule has 0 N–H and O–H groups in total. The molecular formula is C16H22N6O3S. The molecule has 26 heavy (non-hydrogen) atoms. The van der Waals surface area contributed by atoms with E-state index >= 15 is 0 Å². The van der Waals surface area contributed by atoms with Gasteiger partial charge in [0, 0.05) is 51.1 Å². The third kappa shape index (κ3) is 3.69. The van der Waals surface area contributed by atoms with Gasteiger partial charge in [-0.25, -0.2) is 18.1 Å². The number of sulfone groups is 1. The van der Waals surface area contributed by atoms with E-state index < -0.39 is 9.84 Å². The Bertz CT molecular complexity index is 945. The Kier molecular flexibility index (Phi) is 4.70. The lowest BCUT2D eigenvalue weighted by molar-refractivity contribution is -0.129. The van der Waals surface area contributed by atoms with E-state index in [0.717, 1.165) is 17.6 Å². The van der Waals surface area contributed by atoms with Crippen LogP contribution in [-0.4, -0.2) is 71.4 Å². The van der Waals surface area contributed by atoms with Gasteiger partial charge in [-0.05, 0) is 19.9 Å².